The number of hydrogen-bond acceptors (Lipinski definition) is 6. The van der Waals surface area contributed by atoms with Crippen LogP contribution in [0.3, 0.4) is 0 Å². The number of rotatable bonds is 7. The molecule has 0 atom stereocenters. The number of thioether (sulfide) groups is 1. The van der Waals surface area contributed by atoms with Crippen molar-refractivity contribution in [3.63, 3.8) is 0 Å². The van der Waals surface area contributed by atoms with Crippen molar-refractivity contribution in [2.45, 2.75) is 23.9 Å². The SMILES string of the molecule is COCCCn1c(SCc2cc(=O)n3cc(Cl)ccc3n2)nc2cc(Cl)ccc2c1=O. The second kappa shape index (κ2) is 9.40. The van der Waals surface area contributed by atoms with E-state index >= 15 is 0 Å². The van der Waals surface area contributed by atoms with Crippen LogP contribution in [0.15, 0.2) is 57.3 Å². The van der Waals surface area contributed by atoms with Crippen LogP contribution in [0, 0.1) is 0 Å². The minimum atomic E-state index is -0.223. The van der Waals surface area contributed by atoms with Gasteiger partial charge in [-0.1, -0.05) is 35.0 Å². The van der Waals surface area contributed by atoms with Crippen LogP contribution in [0.5, 0.6) is 0 Å². The van der Waals surface area contributed by atoms with E-state index in [9.17, 15) is 9.59 Å². The van der Waals surface area contributed by atoms with E-state index in [1.165, 1.54) is 28.4 Å². The maximum atomic E-state index is 13.1. The van der Waals surface area contributed by atoms with Crippen molar-refractivity contribution in [3.05, 3.63) is 79.0 Å². The lowest BCUT2D eigenvalue weighted by Gasteiger charge is -2.13. The van der Waals surface area contributed by atoms with Crippen LogP contribution < -0.4 is 11.1 Å². The largest absolute Gasteiger partial charge is 0.385 e. The molecule has 3 aromatic heterocycles. The van der Waals surface area contributed by atoms with E-state index in [0.717, 1.165) is 0 Å². The highest BCUT2D eigenvalue weighted by atomic mass is 35.5. The van der Waals surface area contributed by atoms with Gasteiger partial charge >= 0.3 is 0 Å². The molecule has 0 aliphatic heterocycles. The van der Waals surface area contributed by atoms with E-state index in [1.54, 1.807) is 42.0 Å². The van der Waals surface area contributed by atoms with Crippen LogP contribution in [-0.4, -0.2) is 32.7 Å². The molecule has 0 N–H and O–H groups in total. The third kappa shape index (κ3) is 4.77. The first-order valence-corrected chi connectivity index (χ1v) is 11.2. The summed E-state index contributed by atoms with van der Waals surface area (Å²) in [6.07, 6.45) is 2.20. The highest BCUT2D eigenvalue weighted by Gasteiger charge is 2.13. The number of methoxy groups -OCH3 is 1. The van der Waals surface area contributed by atoms with Crippen molar-refractivity contribution in [1.82, 2.24) is 18.9 Å². The zero-order valence-corrected chi connectivity index (χ0v) is 18.9. The van der Waals surface area contributed by atoms with Gasteiger partial charge in [0.1, 0.15) is 5.65 Å². The first kappa shape index (κ1) is 21.8. The molecule has 3 heterocycles. The number of ether oxygens (including phenoxy) is 1. The van der Waals surface area contributed by atoms with Gasteiger partial charge in [-0.15, -0.1) is 0 Å². The summed E-state index contributed by atoms with van der Waals surface area (Å²) in [5.41, 5.74) is 1.26. The van der Waals surface area contributed by atoms with E-state index in [-0.39, 0.29) is 11.1 Å². The Balaban J connectivity index is 1.70. The van der Waals surface area contributed by atoms with Crippen molar-refractivity contribution < 1.29 is 4.74 Å². The minimum Gasteiger partial charge on any atom is -0.385 e. The van der Waals surface area contributed by atoms with Gasteiger partial charge in [0, 0.05) is 43.3 Å². The Morgan fingerprint density at radius 3 is 2.68 bits per heavy atom. The average Bonchev–Trinajstić information content (AvgIpc) is 2.74. The molecule has 0 aliphatic carbocycles. The molecule has 0 saturated heterocycles. The van der Waals surface area contributed by atoms with Gasteiger partial charge in [0.2, 0.25) is 0 Å². The zero-order chi connectivity index (χ0) is 22.0. The molecule has 4 aromatic rings. The summed E-state index contributed by atoms with van der Waals surface area (Å²) in [7, 11) is 1.62. The van der Waals surface area contributed by atoms with Crippen LogP contribution in [0.25, 0.3) is 16.6 Å². The number of nitrogens with zero attached hydrogens (tertiary/aromatic N) is 4. The fourth-order valence-electron chi connectivity index (χ4n) is 3.19. The molecule has 1 aromatic carbocycles. The molecule has 0 radical (unpaired) electrons. The van der Waals surface area contributed by atoms with E-state index in [1.807, 2.05) is 0 Å². The van der Waals surface area contributed by atoms with Crippen LogP contribution in [0.2, 0.25) is 10.0 Å². The summed E-state index contributed by atoms with van der Waals surface area (Å²) < 4.78 is 8.15. The number of halogens is 2. The van der Waals surface area contributed by atoms with Crippen LogP contribution in [-0.2, 0) is 17.0 Å². The highest BCUT2D eigenvalue weighted by Crippen LogP contribution is 2.23. The number of fused-ring (bicyclic) bond motifs is 2. The quantitative estimate of drug-likeness (QED) is 0.227. The molecule has 31 heavy (non-hydrogen) atoms. The van der Waals surface area contributed by atoms with Crippen LogP contribution in [0.1, 0.15) is 12.1 Å². The highest BCUT2D eigenvalue weighted by molar-refractivity contribution is 7.98. The lowest BCUT2D eigenvalue weighted by molar-refractivity contribution is 0.189. The number of hydrogen-bond donors (Lipinski definition) is 0. The fraction of sp³-hybridized carbons (Fsp3) is 0.238. The first-order valence-electron chi connectivity index (χ1n) is 9.46. The number of benzene rings is 1. The Bertz CT molecular complexity index is 1390. The van der Waals surface area contributed by atoms with Gasteiger partial charge in [-0.2, -0.15) is 0 Å². The van der Waals surface area contributed by atoms with Crippen molar-refractivity contribution >= 4 is 51.5 Å². The molecule has 7 nitrogen and oxygen atoms in total. The second-order valence-corrected chi connectivity index (χ2v) is 8.62. The Morgan fingerprint density at radius 2 is 1.87 bits per heavy atom. The Morgan fingerprint density at radius 1 is 1.06 bits per heavy atom. The summed E-state index contributed by atoms with van der Waals surface area (Å²) in [5, 5.41) is 2.01. The van der Waals surface area contributed by atoms with Gasteiger partial charge in [0.15, 0.2) is 5.16 Å². The number of pyridine rings is 1. The maximum Gasteiger partial charge on any atom is 0.262 e. The molecular weight excluding hydrogens is 459 g/mol. The Labute approximate surface area is 191 Å². The van der Waals surface area contributed by atoms with E-state index < -0.39 is 0 Å². The molecule has 0 unspecified atom stereocenters. The summed E-state index contributed by atoms with van der Waals surface area (Å²) in [4.78, 5) is 34.7. The van der Waals surface area contributed by atoms with Crippen molar-refractivity contribution in [2.24, 2.45) is 0 Å². The Hall–Kier alpha value is -2.39. The van der Waals surface area contributed by atoms with Crippen molar-refractivity contribution in [1.29, 1.82) is 0 Å². The normalized spacial score (nSPS) is 11.5. The topological polar surface area (TPSA) is 78.5 Å². The molecule has 0 bridgehead atoms. The third-order valence-electron chi connectivity index (χ3n) is 4.64. The maximum absolute atomic E-state index is 13.1. The van der Waals surface area contributed by atoms with E-state index in [4.69, 9.17) is 27.9 Å². The van der Waals surface area contributed by atoms with Crippen LogP contribution >= 0.6 is 35.0 Å². The molecule has 10 heteroatoms. The molecule has 160 valence electrons. The van der Waals surface area contributed by atoms with Crippen molar-refractivity contribution in [2.75, 3.05) is 13.7 Å². The van der Waals surface area contributed by atoms with Gasteiger partial charge in [-0.3, -0.25) is 18.6 Å². The predicted octanol–water partition coefficient (Wildman–Crippen LogP) is 4.04. The smallest absolute Gasteiger partial charge is 0.262 e. The molecule has 0 saturated carbocycles. The first-order chi connectivity index (χ1) is 15.0. The lowest BCUT2D eigenvalue weighted by Crippen LogP contribution is -2.24. The summed E-state index contributed by atoms with van der Waals surface area (Å²) in [6, 6.07) is 9.87. The van der Waals surface area contributed by atoms with Crippen LogP contribution in [0.4, 0.5) is 0 Å². The van der Waals surface area contributed by atoms with Gasteiger partial charge < -0.3 is 4.74 Å². The van der Waals surface area contributed by atoms with Gasteiger partial charge in [-0.25, -0.2) is 9.97 Å². The standard InChI is InChI=1S/C21H18Cl2N4O3S/c1-30-8-2-7-26-20(29)16-5-3-13(22)9-17(16)25-21(26)31-12-15-10-19(28)27-11-14(23)4-6-18(27)24-15/h3-6,9-11H,2,7-8,12H2,1H3. The molecule has 0 fully saturated rings. The minimum absolute atomic E-state index is 0.138. The summed E-state index contributed by atoms with van der Waals surface area (Å²) >= 11 is 13.4. The predicted molar refractivity (Wildman–Crippen MR) is 124 cm³/mol. The molecule has 4 rings (SSSR count). The number of aromatic nitrogens is 4. The van der Waals surface area contributed by atoms with Gasteiger partial charge in [-0.05, 0) is 36.8 Å². The third-order valence-corrected chi connectivity index (χ3v) is 6.11. The molecule has 0 aliphatic rings. The average molecular weight is 477 g/mol. The molecule has 0 amide bonds. The second-order valence-electron chi connectivity index (χ2n) is 6.81. The van der Waals surface area contributed by atoms with E-state index in [2.05, 4.69) is 9.97 Å². The van der Waals surface area contributed by atoms with Gasteiger partial charge in [0.05, 0.1) is 21.6 Å². The van der Waals surface area contributed by atoms with Gasteiger partial charge in [0.25, 0.3) is 11.1 Å². The Kier molecular flexibility index (Phi) is 6.62. The zero-order valence-electron chi connectivity index (χ0n) is 16.5. The molecular formula is C21H18Cl2N4O3S. The van der Waals surface area contributed by atoms with E-state index in [0.29, 0.717) is 62.8 Å². The fourth-order valence-corrected chi connectivity index (χ4v) is 4.43. The summed E-state index contributed by atoms with van der Waals surface area (Å²) in [6.45, 7) is 0.994. The molecule has 0 spiro atoms. The lowest BCUT2D eigenvalue weighted by atomic mass is 10.2. The summed E-state index contributed by atoms with van der Waals surface area (Å²) in [5.74, 6) is 0.372. The van der Waals surface area contributed by atoms with Crippen molar-refractivity contribution in [3.8, 4) is 0 Å². The monoisotopic (exact) mass is 476 g/mol.